The van der Waals surface area contributed by atoms with Gasteiger partial charge in [0.2, 0.25) is 0 Å². The Morgan fingerprint density at radius 2 is 1.05 bits per heavy atom. The molecule has 55 heavy (non-hydrogen) atoms. The number of rotatable bonds is 10. The van der Waals surface area contributed by atoms with Crippen molar-refractivity contribution < 1.29 is 19.4 Å². The van der Waals surface area contributed by atoms with Crippen molar-refractivity contribution in [1.82, 2.24) is 29.5 Å². The second kappa shape index (κ2) is 16.8. The Labute approximate surface area is 326 Å². The number of carboxylic acid groups (broad SMARTS) is 1. The van der Waals surface area contributed by atoms with E-state index in [9.17, 15) is 14.7 Å². The second-order valence-electron chi connectivity index (χ2n) is 12.8. The molecule has 1 N–H and O–H groups in total. The lowest BCUT2D eigenvalue weighted by atomic mass is 10.0. The summed E-state index contributed by atoms with van der Waals surface area (Å²) in [7, 11) is 1.35. The molecular weight excluding hydrogens is 735 g/mol. The number of halogens is 2. The van der Waals surface area contributed by atoms with E-state index in [1.165, 1.54) is 30.5 Å². The van der Waals surface area contributed by atoms with Crippen LogP contribution >= 0.6 is 23.2 Å². The third kappa shape index (κ3) is 8.89. The average Bonchev–Trinajstić information content (AvgIpc) is 3.79. The van der Waals surface area contributed by atoms with Crippen LogP contribution in [-0.2, 0) is 30.7 Å². The van der Waals surface area contributed by atoms with Crippen LogP contribution in [0.3, 0.4) is 0 Å². The van der Waals surface area contributed by atoms with Crippen LogP contribution in [0.5, 0.6) is 0 Å². The van der Waals surface area contributed by atoms with E-state index in [1.54, 1.807) is 12.3 Å². The van der Waals surface area contributed by atoms with Crippen LogP contribution in [0.25, 0.3) is 21.8 Å². The molecule has 4 heterocycles. The molecule has 0 unspecified atom stereocenters. The van der Waals surface area contributed by atoms with Crippen LogP contribution in [0.4, 0.5) is 0 Å². The maximum absolute atomic E-state index is 12.0. The van der Waals surface area contributed by atoms with Gasteiger partial charge in [-0.15, -0.1) is 0 Å². The SMILES string of the molecule is COC(=O)c1cc(Cl)cnc1Cc1ccc2c(cnn2Cc2ccccc2)c1.O=C(O)c1cc(Cl)cnc1Cc1ccc2c(cnn2Cc2ccccc2)c1. The molecule has 8 aromatic rings. The van der Waals surface area contributed by atoms with Gasteiger partial charge in [-0.05, 0) is 58.7 Å². The van der Waals surface area contributed by atoms with E-state index >= 15 is 0 Å². The molecule has 10 nitrogen and oxygen atoms in total. The zero-order valence-corrected chi connectivity index (χ0v) is 31.2. The molecule has 0 radical (unpaired) electrons. The molecular formula is C43H34Cl2N6O4. The molecule has 0 aliphatic carbocycles. The normalized spacial score (nSPS) is 11.0. The maximum Gasteiger partial charge on any atom is 0.339 e. The Hall–Kier alpha value is -6.36. The largest absolute Gasteiger partial charge is 0.478 e. The van der Waals surface area contributed by atoms with Gasteiger partial charge in [-0.25, -0.2) is 9.59 Å². The number of methoxy groups -OCH3 is 1. The lowest BCUT2D eigenvalue weighted by molar-refractivity contribution is 0.0598. The van der Waals surface area contributed by atoms with Crippen molar-refractivity contribution in [2.45, 2.75) is 25.9 Å². The van der Waals surface area contributed by atoms with Gasteiger partial charge >= 0.3 is 11.9 Å². The molecule has 12 heteroatoms. The van der Waals surface area contributed by atoms with E-state index in [4.69, 9.17) is 27.9 Å². The number of fused-ring (bicyclic) bond motifs is 2. The van der Waals surface area contributed by atoms with Crippen molar-refractivity contribution in [1.29, 1.82) is 0 Å². The highest BCUT2D eigenvalue weighted by Crippen LogP contribution is 2.23. The quantitative estimate of drug-likeness (QED) is 0.137. The standard InChI is InChI=1S/C22H18ClN3O2.C21H16ClN3O2/c1-28-22(27)19-11-18(23)13-24-20(19)10-16-7-8-21-17(9-16)12-25-26(21)14-15-5-3-2-4-6-15;22-17-10-18(21(26)27)19(23-12-17)9-15-6-7-20-16(8-15)11-24-25(20)13-14-4-2-1-3-5-14/h2-9,11-13H,10,14H2,1H3;1-8,10-12H,9,13H2,(H,26,27). The molecule has 0 saturated heterocycles. The van der Waals surface area contributed by atoms with Crippen molar-refractivity contribution >= 4 is 56.9 Å². The van der Waals surface area contributed by atoms with Crippen LogP contribution in [-0.4, -0.2) is 53.7 Å². The van der Waals surface area contributed by atoms with E-state index in [0.717, 1.165) is 39.5 Å². The third-order valence-electron chi connectivity index (χ3n) is 9.02. The number of aromatic nitrogens is 6. The van der Waals surface area contributed by atoms with Crippen LogP contribution < -0.4 is 0 Å². The summed E-state index contributed by atoms with van der Waals surface area (Å²) in [6, 6.07) is 35.6. The number of ether oxygens (including phenoxy) is 1. The molecule has 0 fully saturated rings. The minimum atomic E-state index is -1.03. The molecule has 0 aliphatic heterocycles. The molecule has 0 atom stereocenters. The minimum Gasteiger partial charge on any atom is -0.478 e. The number of nitrogens with zero attached hydrogens (tertiary/aromatic N) is 6. The van der Waals surface area contributed by atoms with Crippen molar-refractivity contribution in [3.8, 4) is 0 Å². The van der Waals surface area contributed by atoms with Gasteiger partial charge in [-0.1, -0.05) is 96.0 Å². The summed E-state index contributed by atoms with van der Waals surface area (Å²) in [5.74, 6) is -1.47. The molecule has 0 aliphatic rings. The van der Waals surface area contributed by atoms with Gasteiger partial charge in [0.25, 0.3) is 0 Å². The fourth-order valence-corrected chi connectivity index (χ4v) is 6.65. The van der Waals surface area contributed by atoms with Gasteiger partial charge in [-0.3, -0.25) is 19.3 Å². The smallest absolute Gasteiger partial charge is 0.339 e. The van der Waals surface area contributed by atoms with Crippen molar-refractivity contribution in [3.63, 3.8) is 0 Å². The Kier molecular flexibility index (Phi) is 11.3. The predicted octanol–water partition coefficient (Wildman–Crippen LogP) is 8.93. The van der Waals surface area contributed by atoms with Gasteiger partial charge < -0.3 is 9.84 Å². The van der Waals surface area contributed by atoms with Crippen molar-refractivity contribution in [3.05, 3.63) is 189 Å². The topological polar surface area (TPSA) is 125 Å². The average molecular weight is 770 g/mol. The van der Waals surface area contributed by atoms with Crippen LogP contribution in [0.15, 0.2) is 134 Å². The molecule has 4 aromatic carbocycles. The van der Waals surface area contributed by atoms with Crippen LogP contribution in [0.2, 0.25) is 10.0 Å². The van der Waals surface area contributed by atoms with E-state index in [-0.39, 0.29) is 5.56 Å². The van der Waals surface area contributed by atoms with E-state index in [2.05, 4.69) is 50.5 Å². The third-order valence-corrected chi connectivity index (χ3v) is 9.43. The van der Waals surface area contributed by atoms with Crippen LogP contribution in [0.1, 0.15) is 54.4 Å². The summed E-state index contributed by atoms with van der Waals surface area (Å²) < 4.78 is 8.79. The first-order chi connectivity index (χ1) is 26.7. The number of esters is 1. The van der Waals surface area contributed by atoms with E-state index in [0.29, 0.717) is 46.4 Å². The number of aromatic carboxylic acids is 1. The van der Waals surface area contributed by atoms with Gasteiger partial charge in [0.1, 0.15) is 0 Å². The summed E-state index contributed by atoms with van der Waals surface area (Å²) in [5, 5.41) is 21.1. The predicted molar refractivity (Wildman–Crippen MR) is 213 cm³/mol. The number of pyridine rings is 2. The summed E-state index contributed by atoms with van der Waals surface area (Å²) >= 11 is 11.9. The van der Waals surface area contributed by atoms with Gasteiger partial charge in [0, 0.05) is 36.0 Å². The first-order valence-corrected chi connectivity index (χ1v) is 18.1. The molecule has 0 amide bonds. The fraction of sp³-hybridized carbons (Fsp3) is 0.116. The van der Waals surface area contributed by atoms with Gasteiger partial charge in [0.15, 0.2) is 0 Å². The first kappa shape index (κ1) is 37.0. The Bertz CT molecular complexity index is 2630. The molecule has 0 bridgehead atoms. The summed E-state index contributed by atoms with van der Waals surface area (Å²) in [6.45, 7) is 1.42. The summed E-state index contributed by atoms with van der Waals surface area (Å²) in [6.07, 6.45) is 7.62. The minimum absolute atomic E-state index is 0.127. The summed E-state index contributed by atoms with van der Waals surface area (Å²) in [4.78, 5) is 32.0. The number of benzene rings is 4. The van der Waals surface area contributed by atoms with Gasteiger partial charge in [0.05, 0.1) is 76.2 Å². The van der Waals surface area contributed by atoms with Gasteiger partial charge in [-0.2, -0.15) is 10.2 Å². The second-order valence-corrected chi connectivity index (χ2v) is 13.7. The first-order valence-electron chi connectivity index (χ1n) is 17.3. The Balaban J connectivity index is 0.000000169. The fourth-order valence-electron chi connectivity index (χ4n) is 6.33. The number of hydrogen-bond donors (Lipinski definition) is 1. The number of hydrogen-bond acceptors (Lipinski definition) is 7. The van der Waals surface area contributed by atoms with Crippen LogP contribution in [0, 0.1) is 0 Å². The summed E-state index contributed by atoms with van der Waals surface area (Å²) in [5.41, 5.74) is 8.11. The molecule has 8 rings (SSSR count). The Morgan fingerprint density at radius 1 is 0.600 bits per heavy atom. The zero-order valence-electron chi connectivity index (χ0n) is 29.6. The molecule has 4 aromatic heterocycles. The number of carbonyl (C=O) groups excluding carboxylic acids is 1. The molecule has 0 saturated carbocycles. The molecule has 0 spiro atoms. The number of carboxylic acids is 1. The lowest BCUT2D eigenvalue weighted by Crippen LogP contribution is -2.08. The van der Waals surface area contributed by atoms with Crippen molar-refractivity contribution in [2.75, 3.05) is 7.11 Å². The number of carbonyl (C=O) groups is 2. The van der Waals surface area contributed by atoms with E-state index in [1.807, 2.05) is 88.5 Å². The Morgan fingerprint density at radius 3 is 1.51 bits per heavy atom. The maximum atomic E-state index is 12.0. The highest BCUT2D eigenvalue weighted by atomic mass is 35.5. The van der Waals surface area contributed by atoms with Crippen molar-refractivity contribution in [2.24, 2.45) is 0 Å². The highest BCUT2D eigenvalue weighted by Gasteiger charge is 2.16. The lowest BCUT2D eigenvalue weighted by Gasteiger charge is -2.08. The van der Waals surface area contributed by atoms with E-state index < -0.39 is 11.9 Å². The molecule has 274 valence electrons. The zero-order chi connectivity index (χ0) is 38.3. The highest BCUT2D eigenvalue weighted by molar-refractivity contribution is 6.31. The monoisotopic (exact) mass is 768 g/mol.